The van der Waals surface area contributed by atoms with E-state index < -0.39 is 0 Å². The van der Waals surface area contributed by atoms with Gasteiger partial charge >= 0.3 is 0 Å². The molecule has 0 radical (unpaired) electrons. The number of rotatable bonds is 2. The van der Waals surface area contributed by atoms with E-state index in [9.17, 15) is 9.90 Å². The summed E-state index contributed by atoms with van der Waals surface area (Å²) in [4.78, 5) is 16.1. The highest BCUT2D eigenvalue weighted by Gasteiger charge is 2.27. The van der Waals surface area contributed by atoms with E-state index in [4.69, 9.17) is 5.73 Å². The number of anilines is 1. The third kappa shape index (κ3) is 2.30. The fraction of sp³-hybridized carbons (Fsp3) is 0.571. The summed E-state index contributed by atoms with van der Waals surface area (Å²) < 4.78 is 1.78. The van der Waals surface area contributed by atoms with Gasteiger partial charge in [-0.2, -0.15) is 5.10 Å². The molecule has 3 N–H and O–H groups in total. The maximum atomic E-state index is 12.7. The van der Waals surface area contributed by atoms with Gasteiger partial charge in [0.1, 0.15) is 9.71 Å². The second-order valence-electron chi connectivity index (χ2n) is 5.65. The Hall–Kier alpha value is -1.60. The molecule has 1 aliphatic heterocycles. The number of hydrogen-bond acceptors (Lipinski definition) is 5. The molecule has 3 rings (SSSR count). The van der Waals surface area contributed by atoms with Crippen LogP contribution in [0.15, 0.2) is 0 Å². The minimum absolute atomic E-state index is 0.00416. The number of aliphatic hydroxyl groups is 1. The topological polar surface area (TPSA) is 84.4 Å². The summed E-state index contributed by atoms with van der Waals surface area (Å²) in [5.74, 6) is 0.324. The SMILES string of the molecule is Cc1nn(C)c2sc(C(=O)N3CCC(CO)CC3)c(N)c12. The molecule has 0 aromatic carbocycles. The lowest BCUT2D eigenvalue weighted by Gasteiger charge is -2.30. The molecule has 114 valence electrons. The molecule has 1 fully saturated rings. The number of nitrogens with zero attached hydrogens (tertiary/aromatic N) is 3. The van der Waals surface area contributed by atoms with Gasteiger partial charge in [0.2, 0.25) is 0 Å². The van der Waals surface area contributed by atoms with Crippen LogP contribution in [0.2, 0.25) is 0 Å². The molecule has 2 aromatic heterocycles. The molecule has 2 aromatic rings. The molecule has 0 atom stereocenters. The first-order chi connectivity index (χ1) is 10.0. The number of carbonyl (C=O) groups excluding carboxylic acids is 1. The Morgan fingerprint density at radius 3 is 2.71 bits per heavy atom. The number of nitrogen functional groups attached to an aromatic ring is 1. The highest BCUT2D eigenvalue weighted by molar-refractivity contribution is 7.21. The van der Waals surface area contributed by atoms with Crippen LogP contribution in [-0.4, -0.2) is 45.4 Å². The first-order valence-electron chi connectivity index (χ1n) is 7.14. The van der Waals surface area contributed by atoms with E-state index in [2.05, 4.69) is 5.10 Å². The van der Waals surface area contributed by atoms with Gasteiger partial charge in [-0.05, 0) is 25.7 Å². The van der Waals surface area contributed by atoms with E-state index in [1.807, 2.05) is 18.9 Å². The number of aliphatic hydroxyl groups excluding tert-OH is 1. The molecule has 3 heterocycles. The number of amides is 1. The number of likely N-dealkylation sites (tertiary alicyclic amines) is 1. The quantitative estimate of drug-likeness (QED) is 0.877. The number of nitrogens with two attached hydrogens (primary N) is 1. The van der Waals surface area contributed by atoms with Gasteiger partial charge < -0.3 is 15.7 Å². The van der Waals surface area contributed by atoms with Crippen LogP contribution < -0.4 is 5.73 Å². The molecule has 0 unspecified atom stereocenters. The summed E-state index contributed by atoms with van der Waals surface area (Å²) in [6, 6.07) is 0. The maximum Gasteiger partial charge on any atom is 0.266 e. The third-order valence-corrected chi connectivity index (χ3v) is 5.50. The summed E-state index contributed by atoms with van der Waals surface area (Å²) in [5.41, 5.74) is 7.60. The van der Waals surface area contributed by atoms with Gasteiger partial charge in [0, 0.05) is 26.7 Å². The summed E-state index contributed by atoms with van der Waals surface area (Å²) in [6.45, 7) is 3.49. The molecule has 0 saturated carbocycles. The zero-order valence-corrected chi connectivity index (χ0v) is 13.1. The molecule has 1 saturated heterocycles. The Morgan fingerprint density at radius 2 is 2.14 bits per heavy atom. The summed E-state index contributed by atoms with van der Waals surface area (Å²) in [5, 5.41) is 14.4. The van der Waals surface area contributed by atoms with Crippen molar-refractivity contribution < 1.29 is 9.90 Å². The van der Waals surface area contributed by atoms with Gasteiger partial charge in [-0.25, -0.2) is 0 Å². The van der Waals surface area contributed by atoms with Crippen molar-refractivity contribution in [3.8, 4) is 0 Å². The van der Waals surface area contributed by atoms with E-state index in [1.165, 1.54) is 11.3 Å². The zero-order chi connectivity index (χ0) is 15.1. The second kappa shape index (κ2) is 5.31. The zero-order valence-electron chi connectivity index (χ0n) is 12.3. The molecule has 6 nitrogen and oxygen atoms in total. The van der Waals surface area contributed by atoms with Gasteiger partial charge in [0.25, 0.3) is 5.91 Å². The first kappa shape index (κ1) is 14.3. The van der Waals surface area contributed by atoms with Crippen molar-refractivity contribution in [3.05, 3.63) is 10.6 Å². The van der Waals surface area contributed by atoms with Crippen LogP contribution >= 0.6 is 11.3 Å². The van der Waals surface area contributed by atoms with Crippen LogP contribution in [0.5, 0.6) is 0 Å². The molecule has 1 amide bonds. The largest absolute Gasteiger partial charge is 0.397 e. The average Bonchev–Trinajstić information content (AvgIpc) is 2.97. The fourth-order valence-corrected chi connectivity index (χ4v) is 4.10. The van der Waals surface area contributed by atoms with E-state index in [0.29, 0.717) is 29.6 Å². The standard InChI is InChI=1S/C14H20N4O2S/c1-8-10-11(15)12(21-14(10)17(2)16-8)13(20)18-5-3-9(7-19)4-6-18/h9,19H,3-7,15H2,1-2H3. The number of carbonyl (C=O) groups is 1. The molecule has 7 heteroatoms. The average molecular weight is 308 g/mol. The van der Waals surface area contributed by atoms with Crippen LogP contribution in [0.25, 0.3) is 10.2 Å². The monoisotopic (exact) mass is 308 g/mol. The van der Waals surface area contributed by atoms with E-state index >= 15 is 0 Å². The van der Waals surface area contributed by atoms with Crippen molar-refractivity contribution in [2.24, 2.45) is 13.0 Å². The van der Waals surface area contributed by atoms with Gasteiger partial charge in [0.05, 0.1) is 16.8 Å². The van der Waals surface area contributed by atoms with Gasteiger partial charge in [0.15, 0.2) is 0 Å². The van der Waals surface area contributed by atoms with Crippen molar-refractivity contribution in [1.82, 2.24) is 14.7 Å². The van der Waals surface area contributed by atoms with E-state index in [0.717, 1.165) is 28.8 Å². The van der Waals surface area contributed by atoms with Crippen LogP contribution in [0.3, 0.4) is 0 Å². The molecule has 1 aliphatic rings. The van der Waals surface area contributed by atoms with Crippen LogP contribution in [0.4, 0.5) is 5.69 Å². The number of piperidine rings is 1. The predicted molar refractivity (Wildman–Crippen MR) is 83.5 cm³/mol. The van der Waals surface area contributed by atoms with Crippen LogP contribution in [-0.2, 0) is 7.05 Å². The third-order valence-electron chi connectivity index (χ3n) is 4.24. The Morgan fingerprint density at radius 1 is 1.48 bits per heavy atom. The highest BCUT2D eigenvalue weighted by Crippen LogP contribution is 2.36. The number of thiophene rings is 1. The smallest absolute Gasteiger partial charge is 0.266 e. The van der Waals surface area contributed by atoms with Crippen molar-refractivity contribution in [2.45, 2.75) is 19.8 Å². The lowest BCUT2D eigenvalue weighted by molar-refractivity contribution is 0.0656. The molecule has 0 bridgehead atoms. The van der Waals surface area contributed by atoms with Crippen LogP contribution in [0.1, 0.15) is 28.2 Å². The van der Waals surface area contributed by atoms with Crippen molar-refractivity contribution in [3.63, 3.8) is 0 Å². The fourth-order valence-electron chi connectivity index (χ4n) is 2.95. The number of aryl methyl sites for hydroxylation is 2. The summed E-state index contributed by atoms with van der Waals surface area (Å²) in [7, 11) is 1.87. The van der Waals surface area contributed by atoms with Crippen LogP contribution in [0, 0.1) is 12.8 Å². The molecular weight excluding hydrogens is 288 g/mol. The molecule has 0 aliphatic carbocycles. The Labute approximate surface area is 127 Å². The number of aromatic nitrogens is 2. The molecular formula is C14H20N4O2S. The van der Waals surface area contributed by atoms with Crippen molar-refractivity contribution in [2.75, 3.05) is 25.4 Å². The molecule has 0 spiro atoms. The lowest BCUT2D eigenvalue weighted by atomic mass is 9.98. The maximum absolute atomic E-state index is 12.7. The van der Waals surface area contributed by atoms with E-state index in [-0.39, 0.29) is 12.5 Å². The Bertz CT molecular complexity index is 683. The van der Waals surface area contributed by atoms with Gasteiger partial charge in [-0.15, -0.1) is 11.3 Å². The predicted octanol–water partition coefficient (Wildman–Crippen LogP) is 1.37. The summed E-state index contributed by atoms with van der Waals surface area (Å²) in [6.07, 6.45) is 1.71. The van der Waals surface area contributed by atoms with Crippen molar-refractivity contribution >= 4 is 33.1 Å². The number of hydrogen-bond donors (Lipinski definition) is 2. The first-order valence-corrected chi connectivity index (χ1v) is 7.96. The second-order valence-corrected chi connectivity index (χ2v) is 6.65. The van der Waals surface area contributed by atoms with E-state index in [1.54, 1.807) is 4.68 Å². The minimum atomic E-state index is 0.00416. The highest BCUT2D eigenvalue weighted by atomic mass is 32.1. The van der Waals surface area contributed by atoms with Gasteiger partial charge in [-0.1, -0.05) is 0 Å². The normalized spacial score (nSPS) is 16.8. The lowest BCUT2D eigenvalue weighted by Crippen LogP contribution is -2.39. The Kier molecular flexibility index (Phi) is 3.62. The van der Waals surface area contributed by atoms with Crippen molar-refractivity contribution in [1.29, 1.82) is 0 Å². The van der Waals surface area contributed by atoms with Gasteiger partial charge in [-0.3, -0.25) is 9.48 Å². The Balaban J connectivity index is 1.89. The summed E-state index contributed by atoms with van der Waals surface area (Å²) >= 11 is 1.41. The molecule has 21 heavy (non-hydrogen) atoms. The minimum Gasteiger partial charge on any atom is -0.397 e. The number of fused-ring (bicyclic) bond motifs is 1.